The highest BCUT2D eigenvalue weighted by molar-refractivity contribution is 6.09. The van der Waals surface area contributed by atoms with Crippen LogP contribution in [0.15, 0.2) is 65.1 Å². The molecule has 0 fully saturated rings. The van der Waals surface area contributed by atoms with Crippen LogP contribution >= 0.6 is 0 Å². The maximum Gasteiger partial charge on any atom is 0.270 e. The molecule has 2 aromatic carbocycles. The predicted octanol–water partition coefficient (Wildman–Crippen LogP) is 2.96. The highest BCUT2D eigenvalue weighted by Crippen LogP contribution is 2.11. The summed E-state index contributed by atoms with van der Waals surface area (Å²) >= 11 is 0. The number of aromatic nitrogens is 2. The largest absolute Gasteiger partial charge is 0.347 e. The summed E-state index contributed by atoms with van der Waals surface area (Å²) in [5.41, 5.74) is 2.77. The Morgan fingerprint density at radius 1 is 1.00 bits per heavy atom. The van der Waals surface area contributed by atoms with Gasteiger partial charge in [0.2, 0.25) is 0 Å². The maximum absolute atomic E-state index is 13.4. The van der Waals surface area contributed by atoms with Crippen molar-refractivity contribution in [3.05, 3.63) is 94.3 Å². The summed E-state index contributed by atoms with van der Waals surface area (Å²) in [5.74, 6) is -1.70. The summed E-state index contributed by atoms with van der Waals surface area (Å²) in [6, 6.07) is 12.2. The number of halogens is 1. The summed E-state index contributed by atoms with van der Waals surface area (Å²) in [6.07, 6.45) is 3.35. The van der Waals surface area contributed by atoms with Gasteiger partial charge in [-0.05, 0) is 35.2 Å². The molecule has 1 aromatic heterocycles. The fourth-order valence-corrected chi connectivity index (χ4v) is 3.09. The van der Waals surface area contributed by atoms with Gasteiger partial charge in [0, 0.05) is 31.7 Å². The molecule has 1 aliphatic rings. The third-order valence-electron chi connectivity index (χ3n) is 4.89. The average Bonchev–Trinajstić information content (AvgIpc) is 3.39. The van der Waals surface area contributed by atoms with Crippen molar-refractivity contribution in [1.82, 2.24) is 20.6 Å². The van der Waals surface area contributed by atoms with Crippen molar-refractivity contribution < 1.29 is 16.7 Å². The Labute approximate surface area is 192 Å². The van der Waals surface area contributed by atoms with Gasteiger partial charge in [0.1, 0.15) is 23.5 Å². The van der Waals surface area contributed by atoms with Crippen LogP contribution in [0.1, 0.15) is 52.4 Å². The number of carbonyl (C=O) groups is 2. The minimum atomic E-state index is -2.20. The molecule has 0 bridgehead atoms. The highest BCUT2D eigenvalue weighted by atomic mass is 19.1. The van der Waals surface area contributed by atoms with Gasteiger partial charge in [0.15, 0.2) is 0 Å². The molecule has 2 N–H and O–H groups in total. The Morgan fingerprint density at radius 2 is 1.70 bits per heavy atom. The van der Waals surface area contributed by atoms with Gasteiger partial charge in [-0.15, -0.1) is 0 Å². The normalized spacial score (nSPS) is 13.7. The zero-order valence-electron chi connectivity index (χ0n) is 19.7. The van der Waals surface area contributed by atoms with Crippen molar-refractivity contribution in [2.24, 2.45) is 10.2 Å². The zero-order chi connectivity index (χ0) is 25.0. The Balaban J connectivity index is 1.41. The Hall–Kier alpha value is -4.27. The molecule has 0 radical (unpaired) electrons. The van der Waals surface area contributed by atoms with E-state index in [4.69, 9.17) is 2.74 Å². The molecule has 0 saturated carbocycles. The van der Waals surface area contributed by atoms with Crippen LogP contribution in [0.2, 0.25) is 0 Å². The lowest BCUT2D eigenvalue weighted by Gasteiger charge is -2.08. The van der Waals surface area contributed by atoms with Gasteiger partial charge in [-0.1, -0.05) is 36.4 Å². The second-order valence-corrected chi connectivity index (χ2v) is 7.26. The molecule has 0 aliphatic carbocycles. The number of hydrogen-bond acceptors (Lipinski definition) is 6. The fourth-order valence-electron chi connectivity index (χ4n) is 3.09. The van der Waals surface area contributed by atoms with Crippen LogP contribution in [-0.2, 0) is 13.0 Å². The lowest BCUT2D eigenvalue weighted by Crippen LogP contribution is -2.27. The van der Waals surface area contributed by atoms with Crippen LogP contribution in [0.5, 0.6) is 0 Å². The molecule has 166 valence electrons. The van der Waals surface area contributed by atoms with Gasteiger partial charge in [-0.25, -0.2) is 14.4 Å². The van der Waals surface area contributed by atoms with E-state index >= 15 is 0 Å². The van der Waals surface area contributed by atoms with Crippen molar-refractivity contribution in [2.75, 3.05) is 0 Å². The SMILES string of the molecule is [2H]C([2H])(NC(=O)c1cc(C(=O)NCc2ccc(F)c(C)c2)ncn1)c1ccc(C2=NN=CC2)cc1. The molecule has 2 amide bonds. The number of aryl methyl sites for hydroxylation is 1. The lowest BCUT2D eigenvalue weighted by molar-refractivity contribution is 0.0944. The molecular formula is C24H21FN6O2. The molecule has 8 nitrogen and oxygen atoms in total. The number of nitrogens with one attached hydrogen (secondary N) is 2. The number of rotatable bonds is 7. The molecule has 3 aromatic rings. The zero-order valence-corrected chi connectivity index (χ0v) is 17.7. The van der Waals surface area contributed by atoms with Gasteiger partial charge >= 0.3 is 0 Å². The minimum Gasteiger partial charge on any atom is -0.347 e. The Kier molecular flexibility index (Phi) is 5.83. The van der Waals surface area contributed by atoms with Crippen LogP contribution in [-0.4, -0.2) is 33.7 Å². The topological polar surface area (TPSA) is 109 Å². The van der Waals surface area contributed by atoms with E-state index < -0.39 is 18.3 Å². The lowest BCUT2D eigenvalue weighted by atomic mass is 10.1. The van der Waals surface area contributed by atoms with Gasteiger partial charge in [-0.2, -0.15) is 10.2 Å². The number of nitrogens with zero attached hydrogens (tertiary/aromatic N) is 4. The monoisotopic (exact) mass is 446 g/mol. The van der Waals surface area contributed by atoms with Gasteiger partial charge in [0.05, 0.1) is 8.45 Å². The Bertz CT molecular complexity index is 1340. The first-order valence-corrected chi connectivity index (χ1v) is 10.1. The number of hydrogen-bond donors (Lipinski definition) is 2. The molecule has 33 heavy (non-hydrogen) atoms. The van der Waals surface area contributed by atoms with Crippen molar-refractivity contribution >= 4 is 23.7 Å². The Morgan fingerprint density at radius 3 is 2.36 bits per heavy atom. The molecule has 0 saturated heterocycles. The quantitative estimate of drug-likeness (QED) is 0.582. The predicted molar refractivity (Wildman–Crippen MR) is 122 cm³/mol. The molecule has 9 heteroatoms. The first kappa shape index (κ1) is 19.4. The van der Waals surface area contributed by atoms with E-state index in [1.54, 1.807) is 49.5 Å². The van der Waals surface area contributed by atoms with E-state index in [2.05, 4.69) is 30.8 Å². The molecule has 2 heterocycles. The molecular weight excluding hydrogens is 423 g/mol. The molecule has 0 spiro atoms. The third-order valence-corrected chi connectivity index (χ3v) is 4.89. The van der Waals surface area contributed by atoms with Crippen molar-refractivity contribution in [2.45, 2.75) is 26.4 Å². The smallest absolute Gasteiger partial charge is 0.270 e. The number of amides is 2. The van der Waals surface area contributed by atoms with E-state index in [0.29, 0.717) is 17.5 Å². The maximum atomic E-state index is 13.4. The third kappa shape index (κ3) is 5.51. The minimum absolute atomic E-state index is 0.0616. The molecule has 0 atom stereocenters. The summed E-state index contributed by atoms with van der Waals surface area (Å²) in [7, 11) is 0. The molecule has 4 rings (SSSR count). The second kappa shape index (κ2) is 9.90. The van der Waals surface area contributed by atoms with Gasteiger partial charge < -0.3 is 10.6 Å². The number of carbonyl (C=O) groups excluding carboxylic acids is 2. The van der Waals surface area contributed by atoms with Crippen molar-refractivity contribution in [3.8, 4) is 0 Å². The van der Waals surface area contributed by atoms with Crippen LogP contribution < -0.4 is 10.6 Å². The fraction of sp³-hybridized carbons (Fsp3) is 0.167. The second-order valence-electron chi connectivity index (χ2n) is 7.26. The van der Waals surface area contributed by atoms with Gasteiger partial charge in [0.25, 0.3) is 11.8 Å². The molecule has 0 unspecified atom stereocenters. The standard InChI is InChI=1S/C24H21FN6O2/c1-15-10-17(4-7-19(15)25)13-27-24(33)22-11-21(28-14-29-22)23(32)26-12-16-2-5-18(6-3-16)20-8-9-30-31-20/h2-7,9-11,14H,8,12-13H2,1H3,(H,26,32)(H,27,33)/i12D2. The first-order valence-electron chi connectivity index (χ1n) is 11.1. The van der Waals surface area contributed by atoms with Crippen LogP contribution in [0.4, 0.5) is 4.39 Å². The highest BCUT2D eigenvalue weighted by Gasteiger charge is 2.14. The van der Waals surface area contributed by atoms with Gasteiger partial charge in [-0.3, -0.25) is 9.59 Å². The number of benzene rings is 2. The van der Waals surface area contributed by atoms with E-state index in [1.807, 2.05) is 0 Å². The summed E-state index contributed by atoms with van der Waals surface area (Å²) in [4.78, 5) is 32.9. The summed E-state index contributed by atoms with van der Waals surface area (Å²) in [6.45, 7) is -0.428. The first-order chi connectivity index (χ1) is 16.7. The van der Waals surface area contributed by atoms with E-state index in [9.17, 15) is 14.0 Å². The average molecular weight is 446 g/mol. The summed E-state index contributed by atoms with van der Waals surface area (Å²) in [5, 5.41) is 12.8. The molecule has 1 aliphatic heterocycles. The van der Waals surface area contributed by atoms with E-state index in [0.717, 1.165) is 17.6 Å². The van der Waals surface area contributed by atoms with Crippen LogP contribution in [0.25, 0.3) is 0 Å². The van der Waals surface area contributed by atoms with E-state index in [-0.39, 0.29) is 29.3 Å². The van der Waals surface area contributed by atoms with Crippen LogP contribution in [0, 0.1) is 12.7 Å². The van der Waals surface area contributed by atoms with Crippen molar-refractivity contribution in [1.29, 1.82) is 0 Å². The summed E-state index contributed by atoms with van der Waals surface area (Å²) < 4.78 is 30.0. The van der Waals surface area contributed by atoms with Crippen LogP contribution in [0.3, 0.4) is 0 Å². The van der Waals surface area contributed by atoms with E-state index in [1.165, 1.54) is 12.1 Å². The van der Waals surface area contributed by atoms with Crippen molar-refractivity contribution in [3.63, 3.8) is 0 Å².